The molecule has 2 aromatic heterocycles. The van der Waals surface area contributed by atoms with E-state index in [4.69, 9.17) is 4.74 Å². The molecule has 4 heterocycles. The fourth-order valence-electron chi connectivity index (χ4n) is 3.46. The molecule has 7 nitrogen and oxygen atoms in total. The van der Waals surface area contributed by atoms with Gasteiger partial charge >= 0.3 is 6.18 Å². The van der Waals surface area contributed by atoms with Crippen molar-refractivity contribution in [2.45, 2.75) is 38.1 Å². The van der Waals surface area contributed by atoms with E-state index in [2.05, 4.69) is 25.3 Å². The zero-order valence-electron chi connectivity index (χ0n) is 13.8. The van der Waals surface area contributed by atoms with Crippen LogP contribution in [0.1, 0.15) is 24.4 Å². The van der Waals surface area contributed by atoms with Crippen LogP contribution in [0.25, 0.3) is 5.78 Å². The van der Waals surface area contributed by atoms with Gasteiger partial charge in [0, 0.05) is 30.9 Å². The van der Waals surface area contributed by atoms with Crippen LogP contribution >= 0.6 is 0 Å². The molecule has 0 spiro atoms. The van der Waals surface area contributed by atoms with E-state index < -0.39 is 12.0 Å². The Labute approximate surface area is 142 Å². The van der Waals surface area contributed by atoms with Crippen LogP contribution in [0, 0.1) is 6.92 Å². The summed E-state index contributed by atoms with van der Waals surface area (Å²) in [6.07, 6.45) is -2.25. The Hall–Kier alpha value is -1.94. The Morgan fingerprint density at radius 2 is 2.20 bits per heavy atom. The fourth-order valence-corrected chi connectivity index (χ4v) is 3.46. The molecule has 2 aliphatic heterocycles. The third kappa shape index (κ3) is 3.28. The first kappa shape index (κ1) is 16.5. The van der Waals surface area contributed by atoms with Gasteiger partial charge in [0.1, 0.15) is 5.82 Å². The fraction of sp³-hybridized carbons (Fsp3) is 0.667. The zero-order chi connectivity index (χ0) is 17.6. The van der Waals surface area contributed by atoms with Gasteiger partial charge in [-0.15, -0.1) is 5.10 Å². The summed E-state index contributed by atoms with van der Waals surface area (Å²) >= 11 is 0. The van der Waals surface area contributed by atoms with Gasteiger partial charge < -0.3 is 10.1 Å². The maximum absolute atomic E-state index is 12.8. The lowest BCUT2D eigenvalue weighted by molar-refractivity contribution is -0.144. The highest BCUT2D eigenvalue weighted by molar-refractivity contribution is 5.45. The molecule has 25 heavy (non-hydrogen) atoms. The van der Waals surface area contributed by atoms with Gasteiger partial charge in [0.05, 0.1) is 12.7 Å². The number of rotatable bonds is 3. The largest absolute Gasteiger partial charge is 0.453 e. The first-order valence-electron chi connectivity index (χ1n) is 8.31. The van der Waals surface area contributed by atoms with Crippen LogP contribution in [0.15, 0.2) is 6.07 Å². The number of hydrogen-bond acceptors (Lipinski definition) is 6. The number of halogens is 3. The van der Waals surface area contributed by atoms with Gasteiger partial charge in [-0.25, -0.2) is 4.98 Å². The van der Waals surface area contributed by atoms with Gasteiger partial charge in [0.25, 0.3) is 11.6 Å². The summed E-state index contributed by atoms with van der Waals surface area (Å²) in [5, 5.41) is 6.69. The molecule has 1 N–H and O–H groups in total. The third-order valence-corrected chi connectivity index (χ3v) is 4.67. The first-order valence-corrected chi connectivity index (χ1v) is 8.31. The van der Waals surface area contributed by atoms with Gasteiger partial charge in [-0.05, 0) is 26.3 Å². The molecule has 0 amide bonds. The average Bonchev–Trinajstić information content (AvgIpc) is 3.17. The van der Waals surface area contributed by atoms with Crippen LogP contribution in [0.3, 0.4) is 0 Å². The van der Waals surface area contributed by atoms with Crippen LogP contribution in [-0.2, 0) is 10.9 Å². The minimum Gasteiger partial charge on any atom is -0.373 e. The highest BCUT2D eigenvalue weighted by Crippen LogP contribution is 2.27. The monoisotopic (exact) mass is 356 g/mol. The van der Waals surface area contributed by atoms with Gasteiger partial charge in [-0.2, -0.15) is 22.7 Å². The first-order chi connectivity index (χ1) is 11.9. The molecule has 0 radical (unpaired) electrons. The molecule has 10 heteroatoms. The van der Waals surface area contributed by atoms with Crippen molar-refractivity contribution >= 4 is 11.6 Å². The SMILES string of the molecule is Cc1cc(NCC2CN3CCCC3CO2)n2nc(C(F)(F)F)nc2n1. The predicted molar refractivity (Wildman–Crippen MR) is 83.3 cm³/mol. The van der Waals surface area contributed by atoms with Crippen molar-refractivity contribution in [3.8, 4) is 0 Å². The number of aryl methyl sites for hydroxylation is 1. The summed E-state index contributed by atoms with van der Waals surface area (Å²) in [4.78, 5) is 9.92. The molecule has 2 aromatic rings. The molecule has 0 bridgehead atoms. The lowest BCUT2D eigenvalue weighted by atomic mass is 10.2. The highest BCUT2D eigenvalue weighted by atomic mass is 19.4. The highest BCUT2D eigenvalue weighted by Gasteiger charge is 2.37. The van der Waals surface area contributed by atoms with Crippen molar-refractivity contribution < 1.29 is 17.9 Å². The van der Waals surface area contributed by atoms with Gasteiger partial charge in [0.15, 0.2) is 0 Å². The standard InChI is InChI=1S/C15H19F3N6O/c1-9-5-12(24-14(20-9)21-13(22-24)15(16,17)18)19-6-11-7-23-4-2-3-10(23)8-25-11/h5,10-11,19H,2-4,6-8H2,1H3. The Morgan fingerprint density at radius 3 is 3.00 bits per heavy atom. The van der Waals surface area contributed by atoms with Crippen LogP contribution < -0.4 is 5.32 Å². The molecule has 4 rings (SSSR count). The summed E-state index contributed by atoms with van der Waals surface area (Å²) in [7, 11) is 0. The zero-order valence-corrected chi connectivity index (χ0v) is 13.8. The van der Waals surface area contributed by atoms with Crippen molar-refractivity contribution in [2.75, 3.05) is 31.6 Å². The molecule has 2 saturated heterocycles. The quantitative estimate of drug-likeness (QED) is 0.903. The Bertz CT molecular complexity index is 776. The van der Waals surface area contributed by atoms with E-state index in [-0.39, 0.29) is 11.9 Å². The molecular formula is C15H19F3N6O. The third-order valence-electron chi connectivity index (χ3n) is 4.67. The lowest BCUT2D eigenvalue weighted by Crippen LogP contribution is -2.48. The molecule has 2 unspecified atom stereocenters. The molecule has 0 aliphatic carbocycles. The Morgan fingerprint density at radius 1 is 1.36 bits per heavy atom. The second-order valence-corrected chi connectivity index (χ2v) is 6.55. The lowest BCUT2D eigenvalue weighted by Gasteiger charge is -2.35. The van der Waals surface area contributed by atoms with E-state index in [9.17, 15) is 13.2 Å². The number of alkyl halides is 3. The summed E-state index contributed by atoms with van der Waals surface area (Å²) in [6, 6.07) is 2.17. The maximum Gasteiger partial charge on any atom is 0.453 e. The number of nitrogens with zero attached hydrogens (tertiary/aromatic N) is 5. The van der Waals surface area contributed by atoms with Crippen molar-refractivity contribution in [3.05, 3.63) is 17.6 Å². The normalized spacial score (nSPS) is 24.6. The van der Waals surface area contributed by atoms with Crippen molar-refractivity contribution in [2.24, 2.45) is 0 Å². The van der Waals surface area contributed by atoms with E-state index in [1.54, 1.807) is 13.0 Å². The number of ether oxygens (including phenoxy) is 1. The number of anilines is 1. The van der Waals surface area contributed by atoms with Crippen LogP contribution in [0.2, 0.25) is 0 Å². The molecular weight excluding hydrogens is 337 g/mol. The van der Waals surface area contributed by atoms with Gasteiger partial charge in [-0.1, -0.05) is 0 Å². The predicted octanol–water partition coefficient (Wildman–Crippen LogP) is 1.73. The van der Waals surface area contributed by atoms with Crippen molar-refractivity contribution in [1.29, 1.82) is 0 Å². The van der Waals surface area contributed by atoms with Crippen LogP contribution in [0.5, 0.6) is 0 Å². The van der Waals surface area contributed by atoms with E-state index in [0.29, 0.717) is 30.7 Å². The van der Waals surface area contributed by atoms with Gasteiger partial charge in [-0.3, -0.25) is 4.90 Å². The molecule has 2 atom stereocenters. The summed E-state index contributed by atoms with van der Waals surface area (Å²) in [6.45, 7) is 4.82. The second-order valence-electron chi connectivity index (χ2n) is 6.55. The number of nitrogens with one attached hydrogen (secondary N) is 1. The average molecular weight is 356 g/mol. The summed E-state index contributed by atoms with van der Waals surface area (Å²) in [5.41, 5.74) is 0.570. The number of hydrogen-bond donors (Lipinski definition) is 1. The minimum absolute atomic E-state index is 0.0107. The number of aromatic nitrogens is 4. The molecule has 0 saturated carbocycles. The molecule has 2 fully saturated rings. The maximum atomic E-state index is 12.8. The van der Waals surface area contributed by atoms with Crippen LogP contribution in [-0.4, -0.2) is 62.9 Å². The summed E-state index contributed by atoms with van der Waals surface area (Å²) < 4.78 is 45.5. The van der Waals surface area contributed by atoms with Crippen molar-refractivity contribution in [1.82, 2.24) is 24.5 Å². The van der Waals surface area contributed by atoms with E-state index >= 15 is 0 Å². The second kappa shape index (κ2) is 6.10. The summed E-state index contributed by atoms with van der Waals surface area (Å²) in [5.74, 6) is -0.834. The van der Waals surface area contributed by atoms with Crippen molar-refractivity contribution in [3.63, 3.8) is 0 Å². The Balaban J connectivity index is 1.51. The smallest absolute Gasteiger partial charge is 0.373 e. The minimum atomic E-state index is -4.60. The molecule has 2 aliphatic rings. The van der Waals surface area contributed by atoms with Crippen LogP contribution in [0.4, 0.5) is 19.0 Å². The van der Waals surface area contributed by atoms with E-state index in [1.165, 1.54) is 12.8 Å². The van der Waals surface area contributed by atoms with E-state index in [1.807, 2.05) is 0 Å². The topological polar surface area (TPSA) is 67.6 Å². The van der Waals surface area contributed by atoms with Gasteiger partial charge in [0.2, 0.25) is 0 Å². The molecule has 0 aromatic carbocycles. The van der Waals surface area contributed by atoms with E-state index in [0.717, 1.165) is 17.6 Å². The molecule has 136 valence electrons. The Kier molecular flexibility index (Phi) is 4.03. The number of fused-ring (bicyclic) bond motifs is 2. The number of morpholine rings is 1.